The van der Waals surface area contributed by atoms with Gasteiger partial charge in [0, 0.05) is 0 Å². The molecule has 0 bridgehead atoms. The van der Waals surface area contributed by atoms with Crippen molar-refractivity contribution in [1.82, 2.24) is 4.72 Å². The van der Waals surface area contributed by atoms with Gasteiger partial charge in [-0.1, -0.05) is 32.0 Å². The van der Waals surface area contributed by atoms with Crippen LogP contribution in [0.25, 0.3) is 0 Å². The second-order valence-corrected chi connectivity index (χ2v) is 11.1. The monoisotopic (exact) mass is 381 g/mol. The van der Waals surface area contributed by atoms with Gasteiger partial charge >= 0.3 is 5.25 Å². The summed E-state index contributed by atoms with van der Waals surface area (Å²) in [6.07, 6.45) is 0. The van der Waals surface area contributed by atoms with Gasteiger partial charge in [-0.15, -0.1) is 0 Å². The van der Waals surface area contributed by atoms with Gasteiger partial charge in [0.1, 0.15) is 5.54 Å². The zero-order chi connectivity index (χ0) is 19.0. The van der Waals surface area contributed by atoms with Crippen LogP contribution in [0.1, 0.15) is 41.5 Å². The Hall–Kier alpha value is -0.860. The Morgan fingerprint density at radius 3 is 1.88 bits per heavy atom. The molecule has 4 nitrogen and oxygen atoms in total. The van der Waals surface area contributed by atoms with Crippen molar-refractivity contribution in [2.45, 2.75) is 62.0 Å². The first-order valence-corrected chi connectivity index (χ1v) is 10.2. The van der Waals surface area contributed by atoms with Crippen molar-refractivity contribution in [3.05, 3.63) is 30.3 Å². The summed E-state index contributed by atoms with van der Waals surface area (Å²) in [6, 6.07) is 6.58. The highest BCUT2D eigenvalue weighted by atomic mass is 32.2. The van der Waals surface area contributed by atoms with E-state index in [0.717, 1.165) is 19.1 Å². The Balaban J connectivity index is 3.45. The minimum Gasteiger partial charge on any atom is -0.242 e. The molecule has 1 rings (SSSR count). The van der Waals surface area contributed by atoms with Gasteiger partial charge in [-0.2, -0.15) is 8.78 Å². The number of alkyl halides is 2. The smallest absolute Gasteiger partial charge is 0.242 e. The van der Waals surface area contributed by atoms with Gasteiger partial charge in [0.2, 0.25) is 9.84 Å². The van der Waals surface area contributed by atoms with Crippen LogP contribution < -0.4 is 4.72 Å². The summed E-state index contributed by atoms with van der Waals surface area (Å²) >= 11 is 0. The lowest BCUT2D eigenvalue weighted by atomic mass is 9.90. The van der Waals surface area contributed by atoms with E-state index in [2.05, 4.69) is 4.72 Å². The fourth-order valence-corrected chi connectivity index (χ4v) is 4.66. The molecule has 1 aromatic rings. The maximum atomic E-state index is 15.2. The predicted molar refractivity (Wildman–Crippen MR) is 92.8 cm³/mol. The molecule has 0 spiro atoms. The molecular weight excluding hydrogens is 356 g/mol. The highest BCUT2D eigenvalue weighted by molar-refractivity contribution is 7.92. The van der Waals surface area contributed by atoms with Crippen LogP contribution in [0.3, 0.4) is 0 Å². The lowest BCUT2D eigenvalue weighted by Crippen LogP contribution is -2.64. The van der Waals surface area contributed by atoms with Gasteiger partial charge in [-0.3, -0.25) is 0 Å². The number of benzene rings is 1. The van der Waals surface area contributed by atoms with Crippen molar-refractivity contribution in [2.24, 2.45) is 5.92 Å². The first-order valence-electron chi connectivity index (χ1n) is 7.55. The Bertz CT molecular complexity index is 698. The average molecular weight is 382 g/mol. The molecule has 0 aliphatic carbocycles. The van der Waals surface area contributed by atoms with Crippen molar-refractivity contribution in [1.29, 1.82) is 0 Å². The number of hydrogen-bond donors (Lipinski definition) is 1. The standard InChI is InChI=1S/C16H25F2NO3S2/c1-12(2)15(6,19-23(20)14(3,4)5)16(17,18)24(21,22)13-10-8-7-9-11-13/h7-12,19H,1-6H3/t15-,23-/m1/s1. The molecular formula is C16H25F2NO3S2. The minimum absolute atomic E-state index is 0.467. The van der Waals surface area contributed by atoms with E-state index in [-0.39, 0.29) is 0 Å². The SMILES string of the molecule is CC(C)[C@@](C)(N[S@](=O)C(C)(C)C)C(F)(F)S(=O)(=O)c1ccccc1. The van der Waals surface area contributed by atoms with Gasteiger partial charge in [0.15, 0.2) is 0 Å². The van der Waals surface area contributed by atoms with Crippen molar-refractivity contribution in [3.63, 3.8) is 0 Å². The van der Waals surface area contributed by atoms with Crippen LogP contribution in [0, 0.1) is 5.92 Å². The fraction of sp³-hybridized carbons (Fsp3) is 0.625. The van der Waals surface area contributed by atoms with E-state index >= 15 is 8.78 Å². The molecule has 8 heteroatoms. The molecule has 0 radical (unpaired) electrons. The van der Waals surface area contributed by atoms with Crippen LogP contribution >= 0.6 is 0 Å². The fourth-order valence-electron chi connectivity index (χ4n) is 1.89. The van der Waals surface area contributed by atoms with Gasteiger partial charge in [0.05, 0.1) is 20.6 Å². The van der Waals surface area contributed by atoms with Crippen LogP contribution in [0.15, 0.2) is 35.2 Å². The molecule has 0 heterocycles. The second-order valence-electron chi connectivity index (χ2n) is 7.17. The second kappa shape index (κ2) is 6.80. The summed E-state index contributed by atoms with van der Waals surface area (Å²) in [5.74, 6) is -0.794. The Labute approximate surface area is 145 Å². The molecule has 0 amide bonds. The van der Waals surface area contributed by atoms with Crippen molar-refractivity contribution >= 4 is 20.8 Å². The maximum absolute atomic E-state index is 15.2. The van der Waals surface area contributed by atoms with E-state index < -0.39 is 47.2 Å². The van der Waals surface area contributed by atoms with E-state index in [0.29, 0.717) is 0 Å². The normalized spacial score (nSPS) is 17.5. The van der Waals surface area contributed by atoms with Gasteiger partial charge in [-0.05, 0) is 45.7 Å². The number of nitrogens with one attached hydrogen (secondary N) is 1. The Kier molecular flexibility index (Phi) is 6.00. The maximum Gasteiger partial charge on any atom is 0.368 e. The van der Waals surface area contributed by atoms with Crippen molar-refractivity contribution < 1.29 is 21.4 Å². The zero-order valence-electron chi connectivity index (χ0n) is 14.8. The zero-order valence-corrected chi connectivity index (χ0v) is 16.4. The van der Waals surface area contributed by atoms with Crippen LogP contribution in [0.2, 0.25) is 0 Å². The lowest BCUT2D eigenvalue weighted by Gasteiger charge is -2.41. The third-order valence-electron chi connectivity index (χ3n) is 4.01. The summed E-state index contributed by atoms with van der Waals surface area (Å²) in [6.45, 7) is 8.92. The summed E-state index contributed by atoms with van der Waals surface area (Å²) in [5, 5.41) is -4.16. The highest BCUT2D eigenvalue weighted by Gasteiger charge is 2.62. The number of sulfone groups is 1. The molecule has 138 valence electrons. The minimum atomic E-state index is -4.96. The van der Waals surface area contributed by atoms with E-state index in [9.17, 15) is 12.6 Å². The lowest BCUT2D eigenvalue weighted by molar-refractivity contribution is -0.0167. The molecule has 0 fully saturated rings. The largest absolute Gasteiger partial charge is 0.368 e. The van der Waals surface area contributed by atoms with Gasteiger partial charge in [-0.25, -0.2) is 17.3 Å². The molecule has 0 unspecified atom stereocenters. The van der Waals surface area contributed by atoms with Crippen LogP contribution in [-0.4, -0.2) is 28.2 Å². The summed E-state index contributed by atoms with van der Waals surface area (Å²) in [7, 11) is -6.82. The first kappa shape index (κ1) is 21.2. The van der Waals surface area contributed by atoms with Gasteiger partial charge in [0.25, 0.3) is 0 Å². The van der Waals surface area contributed by atoms with E-state index in [1.54, 1.807) is 26.8 Å². The molecule has 2 atom stereocenters. The highest BCUT2D eigenvalue weighted by Crippen LogP contribution is 2.43. The van der Waals surface area contributed by atoms with Crippen LogP contribution in [0.4, 0.5) is 8.78 Å². The summed E-state index contributed by atoms with van der Waals surface area (Å²) in [5.41, 5.74) is -2.21. The third kappa shape index (κ3) is 3.70. The number of halogens is 2. The van der Waals surface area contributed by atoms with Crippen molar-refractivity contribution in [2.75, 3.05) is 0 Å². The molecule has 0 saturated heterocycles. The van der Waals surface area contributed by atoms with Crippen LogP contribution in [-0.2, 0) is 20.8 Å². The van der Waals surface area contributed by atoms with Gasteiger partial charge < -0.3 is 0 Å². The molecule has 0 aliphatic rings. The molecule has 0 saturated carbocycles. The molecule has 0 aromatic heterocycles. The number of rotatable bonds is 6. The predicted octanol–water partition coefficient (Wildman–Crippen LogP) is 3.52. The topological polar surface area (TPSA) is 63.2 Å². The van der Waals surface area contributed by atoms with E-state index in [4.69, 9.17) is 0 Å². The van der Waals surface area contributed by atoms with E-state index in [1.165, 1.54) is 26.0 Å². The Morgan fingerprint density at radius 2 is 1.50 bits per heavy atom. The van der Waals surface area contributed by atoms with Crippen LogP contribution in [0.5, 0.6) is 0 Å². The molecule has 1 aromatic carbocycles. The van der Waals surface area contributed by atoms with E-state index in [1.807, 2.05) is 0 Å². The first-order chi connectivity index (χ1) is 10.7. The molecule has 24 heavy (non-hydrogen) atoms. The molecule has 0 aliphatic heterocycles. The Morgan fingerprint density at radius 1 is 1.04 bits per heavy atom. The molecule has 1 N–H and O–H groups in total. The number of hydrogen-bond acceptors (Lipinski definition) is 3. The summed E-state index contributed by atoms with van der Waals surface area (Å²) < 4.78 is 69.3. The summed E-state index contributed by atoms with van der Waals surface area (Å²) in [4.78, 5) is -0.467. The van der Waals surface area contributed by atoms with Crippen molar-refractivity contribution in [3.8, 4) is 0 Å². The third-order valence-corrected chi connectivity index (χ3v) is 7.72. The quantitative estimate of drug-likeness (QED) is 0.820. The average Bonchev–Trinajstić information content (AvgIpc) is 2.46.